The highest BCUT2D eigenvalue weighted by Gasteiger charge is 2.25. The topological polar surface area (TPSA) is 40.7 Å². The number of benzene rings is 1. The van der Waals surface area contributed by atoms with Crippen molar-refractivity contribution in [3.05, 3.63) is 64.6 Å². The van der Waals surface area contributed by atoms with Crippen LogP contribution in [-0.2, 0) is 6.42 Å². The van der Waals surface area contributed by atoms with E-state index >= 15 is 0 Å². The van der Waals surface area contributed by atoms with Gasteiger partial charge in [0.25, 0.3) is 0 Å². The molecule has 0 aliphatic carbocycles. The summed E-state index contributed by atoms with van der Waals surface area (Å²) in [5, 5.41) is 5.02. The Hall–Kier alpha value is -2.13. The lowest BCUT2D eigenvalue weighted by Gasteiger charge is -2.24. The first-order valence-electron chi connectivity index (χ1n) is 7.49. The number of fused-ring (bicyclic) bond motifs is 3. The smallest absolute Gasteiger partial charge is 0.0747 e. The summed E-state index contributed by atoms with van der Waals surface area (Å²) in [5.74, 6) is 0. The predicted octanol–water partition coefficient (Wildman–Crippen LogP) is 3.41. The van der Waals surface area contributed by atoms with E-state index in [1.54, 1.807) is 0 Å². The van der Waals surface area contributed by atoms with Crippen LogP contribution in [0.3, 0.4) is 0 Å². The molecule has 0 saturated heterocycles. The zero-order chi connectivity index (χ0) is 14.4. The second kappa shape index (κ2) is 4.71. The minimum absolute atomic E-state index is 0.217. The summed E-state index contributed by atoms with van der Waals surface area (Å²) in [6, 6.07) is 8.89. The van der Waals surface area contributed by atoms with Gasteiger partial charge in [-0.3, -0.25) is 4.98 Å². The lowest BCUT2D eigenvalue weighted by Crippen LogP contribution is -2.30. The van der Waals surface area contributed by atoms with Gasteiger partial charge in [0.15, 0.2) is 0 Å². The number of nitrogens with zero attached hydrogens (tertiary/aromatic N) is 1. The van der Waals surface area contributed by atoms with Crippen LogP contribution in [0, 0.1) is 13.8 Å². The molecule has 3 heteroatoms. The van der Waals surface area contributed by atoms with Crippen LogP contribution in [0.2, 0.25) is 0 Å². The molecule has 106 valence electrons. The van der Waals surface area contributed by atoms with Gasteiger partial charge < -0.3 is 10.3 Å². The van der Waals surface area contributed by atoms with E-state index in [1.165, 1.54) is 38.9 Å². The molecule has 1 aliphatic heterocycles. The molecule has 0 fully saturated rings. The third-order valence-electron chi connectivity index (χ3n) is 4.41. The van der Waals surface area contributed by atoms with E-state index in [4.69, 9.17) is 0 Å². The van der Waals surface area contributed by atoms with Gasteiger partial charge in [-0.15, -0.1) is 0 Å². The first-order chi connectivity index (χ1) is 10.2. The van der Waals surface area contributed by atoms with E-state index in [0.29, 0.717) is 0 Å². The molecule has 1 aromatic carbocycles. The van der Waals surface area contributed by atoms with Crippen molar-refractivity contribution in [1.29, 1.82) is 0 Å². The van der Waals surface area contributed by atoms with Gasteiger partial charge in [0, 0.05) is 35.5 Å². The van der Waals surface area contributed by atoms with E-state index in [-0.39, 0.29) is 6.04 Å². The second-order valence-corrected chi connectivity index (χ2v) is 5.95. The molecule has 1 atom stereocenters. The van der Waals surface area contributed by atoms with Crippen LogP contribution in [0.15, 0.2) is 36.7 Å². The summed E-state index contributed by atoms with van der Waals surface area (Å²) in [6.45, 7) is 5.38. The van der Waals surface area contributed by atoms with Crippen LogP contribution >= 0.6 is 0 Å². The predicted molar refractivity (Wildman–Crippen MR) is 85.6 cm³/mol. The molecule has 0 radical (unpaired) electrons. The maximum Gasteiger partial charge on any atom is 0.0747 e. The summed E-state index contributed by atoms with van der Waals surface area (Å²) in [6.07, 6.45) is 4.86. The lowest BCUT2D eigenvalue weighted by atomic mass is 9.93. The van der Waals surface area contributed by atoms with Gasteiger partial charge in [0.1, 0.15) is 0 Å². The molecule has 0 amide bonds. The van der Waals surface area contributed by atoms with Crippen molar-refractivity contribution in [2.24, 2.45) is 0 Å². The minimum Gasteiger partial charge on any atom is -0.357 e. The number of hydrogen-bond donors (Lipinski definition) is 2. The number of nitrogens with one attached hydrogen (secondary N) is 2. The largest absolute Gasteiger partial charge is 0.357 e. The van der Waals surface area contributed by atoms with Crippen molar-refractivity contribution in [3.63, 3.8) is 0 Å². The maximum absolute atomic E-state index is 4.26. The quantitative estimate of drug-likeness (QED) is 0.715. The van der Waals surface area contributed by atoms with Gasteiger partial charge in [-0.2, -0.15) is 0 Å². The number of aryl methyl sites for hydroxylation is 2. The molecule has 3 heterocycles. The molecule has 4 rings (SSSR count). The summed E-state index contributed by atoms with van der Waals surface area (Å²) < 4.78 is 0. The minimum atomic E-state index is 0.217. The lowest BCUT2D eigenvalue weighted by molar-refractivity contribution is 0.559. The SMILES string of the molecule is Cc1cc(C)c2c3c([nH]c2c1)C(c1cccnc1)NCC3. The summed E-state index contributed by atoms with van der Waals surface area (Å²) in [7, 11) is 0. The van der Waals surface area contributed by atoms with Crippen molar-refractivity contribution in [1.82, 2.24) is 15.3 Å². The summed E-state index contributed by atoms with van der Waals surface area (Å²) >= 11 is 0. The van der Waals surface area contributed by atoms with Gasteiger partial charge in [0.05, 0.1) is 6.04 Å². The van der Waals surface area contributed by atoms with Crippen molar-refractivity contribution >= 4 is 10.9 Å². The molecular formula is C18H19N3. The monoisotopic (exact) mass is 277 g/mol. The number of aromatic amines is 1. The normalized spacial score (nSPS) is 17.9. The third kappa shape index (κ3) is 1.96. The molecule has 1 aliphatic rings. The first kappa shape index (κ1) is 12.6. The molecule has 0 spiro atoms. The Morgan fingerprint density at radius 1 is 1.24 bits per heavy atom. The summed E-state index contributed by atoms with van der Waals surface area (Å²) in [5.41, 5.74) is 7.93. The number of pyridine rings is 1. The first-order valence-corrected chi connectivity index (χ1v) is 7.49. The number of rotatable bonds is 1. The zero-order valence-electron chi connectivity index (χ0n) is 12.4. The molecule has 2 aromatic heterocycles. The highest BCUT2D eigenvalue weighted by molar-refractivity contribution is 5.89. The standard InChI is InChI=1S/C18H19N3/c1-11-8-12(2)16-14-5-7-20-17(13-4-3-6-19-10-13)18(14)21-15(16)9-11/h3-4,6,8-10,17,20-21H,5,7H2,1-2H3. The Morgan fingerprint density at radius 2 is 2.14 bits per heavy atom. The molecule has 3 aromatic rings. The zero-order valence-corrected chi connectivity index (χ0v) is 12.4. The Balaban J connectivity index is 1.95. The maximum atomic E-state index is 4.26. The Labute approximate surface area is 124 Å². The summed E-state index contributed by atoms with van der Waals surface area (Å²) in [4.78, 5) is 7.92. The van der Waals surface area contributed by atoms with E-state index in [9.17, 15) is 0 Å². The fourth-order valence-corrected chi connectivity index (χ4v) is 3.60. The van der Waals surface area contributed by atoms with Crippen molar-refractivity contribution in [2.75, 3.05) is 6.54 Å². The van der Waals surface area contributed by atoms with Crippen molar-refractivity contribution in [2.45, 2.75) is 26.3 Å². The molecular weight excluding hydrogens is 258 g/mol. The highest BCUT2D eigenvalue weighted by atomic mass is 15.0. The second-order valence-electron chi connectivity index (χ2n) is 5.95. The van der Waals surface area contributed by atoms with Gasteiger partial charge >= 0.3 is 0 Å². The van der Waals surface area contributed by atoms with Gasteiger partial charge in [-0.05, 0) is 54.7 Å². The molecule has 2 N–H and O–H groups in total. The van der Waals surface area contributed by atoms with Gasteiger partial charge in [-0.25, -0.2) is 0 Å². The van der Waals surface area contributed by atoms with E-state index in [2.05, 4.69) is 47.3 Å². The Bertz CT molecular complexity index is 802. The van der Waals surface area contributed by atoms with Gasteiger partial charge in [-0.1, -0.05) is 12.1 Å². The fourth-order valence-electron chi connectivity index (χ4n) is 3.60. The molecule has 21 heavy (non-hydrogen) atoms. The van der Waals surface area contributed by atoms with Crippen molar-refractivity contribution < 1.29 is 0 Å². The molecule has 0 saturated carbocycles. The van der Waals surface area contributed by atoms with Gasteiger partial charge in [0.2, 0.25) is 0 Å². The van der Waals surface area contributed by atoms with E-state index in [1.807, 2.05) is 18.5 Å². The van der Waals surface area contributed by atoms with Crippen LogP contribution < -0.4 is 5.32 Å². The van der Waals surface area contributed by atoms with Crippen LogP contribution in [0.4, 0.5) is 0 Å². The van der Waals surface area contributed by atoms with Crippen LogP contribution in [0.25, 0.3) is 10.9 Å². The highest BCUT2D eigenvalue weighted by Crippen LogP contribution is 2.35. The molecule has 3 nitrogen and oxygen atoms in total. The molecule has 1 unspecified atom stereocenters. The average molecular weight is 277 g/mol. The number of aromatic nitrogens is 2. The fraction of sp³-hybridized carbons (Fsp3) is 0.278. The Morgan fingerprint density at radius 3 is 2.95 bits per heavy atom. The molecule has 0 bridgehead atoms. The van der Waals surface area contributed by atoms with Crippen molar-refractivity contribution in [3.8, 4) is 0 Å². The van der Waals surface area contributed by atoms with Crippen LogP contribution in [0.1, 0.15) is 34.0 Å². The van der Waals surface area contributed by atoms with Crippen LogP contribution in [-0.4, -0.2) is 16.5 Å². The van der Waals surface area contributed by atoms with E-state index < -0.39 is 0 Å². The third-order valence-corrected chi connectivity index (χ3v) is 4.41. The van der Waals surface area contributed by atoms with E-state index in [0.717, 1.165) is 13.0 Å². The number of H-pyrrole nitrogens is 1. The number of hydrogen-bond acceptors (Lipinski definition) is 2. The van der Waals surface area contributed by atoms with Crippen LogP contribution in [0.5, 0.6) is 0 Å². The Kier molecular flexibility index (Phi) is 2.82. The average Bonchev–Trinajstić information content (AvgIpc) is 2.86.